The molecule has 3 rings (SSSR count). The lowest BCUT2D eigenvalue weighted by Crippen LogP contribution is -2.63. The van der Waals surface area contributed by atoms with Crippen LogP contribution in [0.5, 0.6) is 0 Å². The Hall–Kier alpha value is -1.68. The molecule has 1 amide bonds. The van der Waals surface area contributed by atoms with E-state index in [9.17, 15) is 9.59 Å². The van der Waals surface area contributed by atoms with Crippen LogP contribution in [0, 0.1) is 0 Å². The van der Waals surface area contributed by atoms with E-state index in [1.807, 2.05) is 35.2 Å². The van der Waals surface area contributed by atoms with Crippen LogP contribution < -0.4 is 0 Å². The smallest absolute Gasteiger partial charge is 0.223 e. The monoisotopic (exact) mass is 314 g/mol. The molecule has 4 nitrogen and oxygen atoms in total. The largest absolute Gasteiger partial charge is 0.339 e. The van der Waals surface area contributed by atoms with Crippen LogP contribution >= 0.6 is 0 Å². The van der Waals surface area contributed by atoms with Gasteiger partial charge in [-0.2, -0.15) is 0 Å². The third-order valence-electron chi connectivity index (χ3n) is 5.20. The van der Waals surface area contributed by atoms with Crippen LogP contribution in [0.4, 0.5) is 0 Å². The first-order chi connectivity index (χ1) is 11.1. The van der Waals surface area contributed by atoms with E-state index in [4.69, 9.17) is 0 Å². The van der Waals surface area contributed by atoms with Crippen molar-refractivity contribution >= 4 is 11.7 Å². The van der Waals surface area contributed by atoms with E-state index in [-0.39, 0.29) is 11.7 Å². The normalized spacial score (nSPS) is 22.7. The molecule has 2 aliphatic heterocycles. The highest BCUT2D eigenvalue weighted by Gasteiger charge is 2.37. The molecule has 23 heavy (non-hydrogen) atoms. The molecule has 0 aromatic heterocycles. The average Bonchev–Trinajstić information content (AvgIpc) is 2.54. The molecule has 4 heteroatoms. The molecule has 0 spiro atoms. The number of Topliss-reactive ketones (excluding diaryl/α,β-unsaturated/α-hetero) is 1. The van der Waals surface area contributed by atoms with Crippen molar-refractivity contribution in [3.63, 3.8) is 0 Å². The number of rotatable bonds is 5. The van der Waals surface area contributed by atoms with Gasteiger partial charge in [-0.05, 0) is 26.3 Å². The lowest BCUT2D eigenvalue weighted by Gasteiger charge is -2.49. The highest BCUT2D eigenvalue weighted by Crippen LogP contribution is 2.25. The van der Waals surface area contributed by atoms with E-state index in [0.29, 0.717) is 30.5 Å². The van der Waals surface area contributed by atoms with Gasteiger partial charge in [0.2, 0.25) is 5.91 Å². The number of hydrogen-bond acceptors (Lipinski definition) is 3. The number of hydrogen-bond donors (Lipinski definition) is 0. The van der Waals surface area contributed by atoms with Crippen LogP contribution in [0.2, 0.25) is 0 Å². The highest BCUT2D eigenvalue weighted by atomic mass is 16.2. The zero-order valence-corrected chi connectivity index (χ0v) is 13.9. The topological polar surface area (TPSA) is 40.6 Å². The van der Waals surface area contributed by atoms with Crippen LogP contribution in [-0.2, 0) is 4.79 Å². The molecular formula is C19H26N2O2. The second-order valence-electron chi connectivity index (χ2n) is 6.82. The Balaban J connectivity index is 1.41. The predicted molar refractivity (Wildman–Crippen MR) is 90.4 cm³/mol. The standard InChI is InChI=1S/C19H26N2O2/c1-15-7-5-6-12-21(15)17-13-20(14-17)19(23)11-10-18(22)16-8-3-2-4-9-16/h2-4,8-9,15,17H,5-7,10-14H2,1H3/t15-/m0/s1. The van der Waals surface area contributed by atoms with E-state index >= 15 is 0 Å². The SMILES string of the molecule is C[C@H]1CCCCN1C1CN(C(=O)CCC(=O)c2ccccc2)C1. The molecule has 0 aliphatic carbocycles. The molecule has 1 aromatic carbocycles. The van der Waals surface area contributed by atoms with Crippen molar-refractivity contribution < 1.29 is 9.59 Å². The number of carbonyl (C=O) groups excluding carboxylic acids is 2. The fourth-order valence-electron chi connectivity index (χ4n) is 3.68. The molecule has 0 N–H and O–H groups in total. The van der Waals surface area contributed by atoms with Crippen LogP contribution in [0.15, 0.2) is 30.3 Å². The molecule has 0 unspecified atom stereocenters. The molecule has 0 bridgehead atoms. The minimum absolute atomic E-state index is 0.0562. The summed E-state index contributed by atoms with van der Waals surface area (Å²) in [5.41, 5.74) is 0.698. The summed E-state index contributed by atoms with van der Waals surface area (Å²) < 4.78 is 0. The molecule has 0 radical (unpaired) electrons. The molecule has 2 fully saturated rings. The first-order valence-corrected chi connectivity index (χ1v) is 8.77. The maximum atomic E-state index is 12.2. The Morgan fingerprint density at radius 2 is 1.83 bits per heavy atom. The first kappa shape index (κ1) is 16.2. The number of amides is 1. The number of nitrogens with zero attached hydrogens (tertiary/aromatic N) is 2. The molecule has 124 valence electrons. The van der Waals surface area contributed by atoms with Crippen molar-refractivity contribution in [2.45, 2.75) is 51.1 Å². The van der Waals surface area contributed by atoms with Crippen molar-refractivity contribution in [1.29, 1.82) is 0 Å². The van der Waals surface area contributed by atoms with E-state index in [2.05, 4.69) is 11.8 Å². The van der Waals surface area contributed by atoms with Gasteiger partial charge in [0.05, 0.1) is 0 Å². The fourth-order valence-corrected chi connectivity index (χ4v) is 3.68. The second-order valence-corrected chi connectivity index (χ2v) is 6.82. The van der Waals surface area contributed by atoms with Crippen molar-refractivity contribution in [2.24, 2.45) is 0 Å². The number of piperidine rings is 1. The summed E-state index contributed by atoms with van der Waals surface area (Å²) in [6.07, 6.45) is 4.52. The summed E-state index contributed by atoms with van der Waals surface area (Å²) in [5, 5.41) is 0. The molecule has 1 atom stereocenters. The fraction of sp³-hybridized carbons (Fsp3) is 0.579. The number of likely N-dealkylation sites (tertiary alicyclic amines) is 2. The summed E-state index contributed by atoms with van der Waals surface area (Å²) >= 11 is 0. The minimum atomic E-state index is 0.0562. The third-order valence-corrected chi connectivity index (χ3v) is 5.20. The minimum Gasteiger partial charge on any atom is -0.339 e. The van der Waals surface area contributed by atoms with Gasteiger partial charge in [0.15, 0.2) is 5.78 Å². The quantitative estimate of drug-likeness (QED) is 0.785. The lowest BCUT2D eigenvalue weighted by atomic mass is 9.97. The Kier molecular flexibility index (Phi) is 5.11. The van der Waals surface area contributed by atoms with Gasteiger partial charge < -0.3 is 4.90 Å². The highest BCUT2D eigenvalue weighted by molar-refractivity contribution is 5.97. The van der Waals surface area contributed by atoms with Gasteiger partial charge in [0, 0.05) is 43.6 Å². The van der Waals surface area contributed by atoms with E-state index in [1.165, 1.54) is 25.8 Å². The van der Waals surface area contributed by atoms with Crippen molar-refractivity contribution in [3.8, 4) is 0 Å². The molecular weight excluding hydrogens is 288 g/mol. The van der Waals surface area contributed by atoms with Crippen LogP contribution in [0.3, 0.4) is 0 Å². The molecule has 0 saturated carbocycles. The summed E-state index contributed by atoms with van der Waals surface area (Å²) in [7, 11) is 0. The Morgan fingerprint density at radius 3 is 2.52 bits per heavy atom. The lowest BCUT2D eigenvalue weighted by molar-refractivity contribution is -0.139. The van der Waals surface area contributed by atoms with Gasteiger partial charge in [-0.1, -0.05) is 36.8 Å². The van der Waals surface area contributed by atoms with Crippen molar-refractivity contribution in [1.82, 2.24) is 9.80 Å². The number of benzene rings is 1. The second kappa shape index (κ2) is 7.26. The Morgan fingerprint density at radius 1 is 1.09 bits per heavy atom. The maximum absolute atomic E-state index is 12.2. The summed E-state index contributed by atoms with van der Waals surface area (Å²) in [4.78, 5) is 28.7. The zero-order valence-electron chi connectivity index (χ0n) is 13.9. The Labute approximate surface area is 138 Å². The maximum Gasteiger partial charge on any atom is 0.223 e. The van der Waals surface area contributed by atoms with E-state index in [1.54, 1.807) is 0 Å². The third kappa shape index (κ3) is 3.81. The molecule has 2 aliphatic rings. The number of carbonyl (C=O) groups is 2. The molecule has 1 aromatic rings. The summed E-state index contributed by atoms with van der Waals surface area (Å²) in [5.74, 6) is 0.177. The van der Waals surface area contributed by atoms with Gasteiger partial charge in [-0.3, -0.25) is 14.5 Å². The first-order valence-electron chi connectivity index (χ1n) is 8.77. The van der Waals surface area contributed by atoms with Crippen LogP contribution in [0.1, 0.15) is 49.4 Å². The molecule has 2 heterocycles. The van der Waals surface area contributed by atoms with Gasteiger partial charge in [-0.15, -0.1) is 0 Å². The summed E-state index contributed by atoms with van der Waals surface area (Å²) in [6.45, 7) is 5.13. The zero-order chi connectivity index (χ0) is 16.2. The predicted octanol–water partition coefficient (Wildman–Crippen LogP) is 2.73. The summed E-state index contributed by atoms with van der Waals surface area (Å²) in [6, 6.07) is 10.4. The van der Waals surface area contributed by atoms with E-state index in [0.717, 1.165) is 13.1 Å². The van der Waals surface area contributed by atoms with Gasteiger partial charge in [-0.25, -0.2) is 0 Å². The average molecular weight is 314 g/mol. The molecule has 2 saturated heterocycles. The van der Waals surface area contributed by atoms with Crippen LogP contribution in [0.25, 0.3) is 0 Å². The number of ketones is 1. The van der Waals surface area contributed by atoms with Crippen molar-refractivity contribution in [3.05, 3.63) is 35.9 Å². The van der Waals surface area contributed by atoms with Crippen LogP contribution in [-0.4, -0.2) is 53.2 Å². The van der Waals surface area contributed by atoms with Gasteiger partial charge >= 0.3 is 0 Å². The van der Waals surface area contributed by atoms with Gasteiger partial charge in [0.25, 0.3) is 0 Å². The van der Waals surface area contributed by atoms with E-state index < -0.39 is 0 Å². The van der Waals surface area contributed by atoms with Gasteiger partial charge in [0.1, 0.15) is 0 Å². The van der Waals surface area contributed by atoms with Crippen molar-refractivity contribution in [2.75, 3.05) is 19.6 Å². The Bertz CT molecular complexity index is 552.